The highest BCUT2D eigenvalue weighted by atomic mass is 35.5. The zero-order valence-corrected chi connectivity index (χ0v) is 18.8. The van der Waals surface area contributed by atoms with Gasteiger partial charge in [-0.1, -0.05) is 0 Å². The quantitative estimate of drug-likeness (QED) is 0.300. The first-order valence-electron chi connectivity index (χ1n) is 8.17. The van der Waals surface area contributed by atoms with Gasteiger partial charge in [0.1, 0.15) is 0 Å². The summed E-state index contributed by atoms with van der Waals surface area (Å²) < 4.78 is 0. The molecular weight excluding hydrogens is 418 g/mol. The molecule has 0 saturated carbocycles. The highest BCUT2D eigenvalue weighted by molar-refractivity contribution is 5.86. The van der Waals surface area contributed by atoms with Gasteiger partial charge in [-0.05, 0) is 52.4 Å². The first-order chi connectivity index (χ1) is 10.6. The van der Waals surface area contributed by atoms with E-state index in [4.69, 9.17) is 11.5 Å². The van der Waals surface area contributed by atoms with Gasteiger partial charge in [-0.3, -0.25) is 20.0 Å². The van der Waals surface area contributed by atoms with E-state index in [1.165, 1.54) is 0 Å². The van der Waals surface area contributed by atoms with Crippen LogP contribution in [0.4, 0.5) is 0 Å². The Hall–Kier alpha value is -0.560. The van der Waals surface area contributed by atoms with E-state index in [9.17, 15) is 0 Å². The second-order valence-electron chi connectivity index (χ2n) is 5.77. The molecule has 4 N–H and O–H groups in total. The molecule has 0 aromatic carbocycles. The van der Waals surface area contributed by atoms with Crippen molar-refractivity contribution < 1.29 is 0 Å². The van der Waals surface area contributed by atoms with Crippen molar-refractivity contribution in [2.75, 3.05) is 13.1 Å². The molecule has 0 aliphatic carbocycles. The fourth-order valence-corrected chi connectivity index (χ4v) is 2.24. The fraction of sp³-hybridized carbons (Fsp3) is 0.750. The van der Waals surface area contributed by atoms with Crippen molar-refractivity contribution in [3.05, 3.63) is 0 Å². The van der Waals surface area contributed by atoms with Crippen LogP contribution in [-0.2, 0) is 0 Å². The summed E-state index contributed by atoms with van der Waals surface area (Å²) in [5, 5.41) is 0. The van der Waals surface area contributed by atoms with Crippen LogP contribution in [-0.4, -0.2) is 49.3 Å². The predicted octanol–water partition coefficient (Wildman–Crippen LogP) is 3.66. The number of rotatable bonds is 10. The van der Waals surface area contributed by atoms with E-state index in [1.54, 1.807) is 0 Å². The summed E-state index contributed by atoms with van der Waals surface area (Å²) in [6.07, 6.45) is 10.4. The molecule has 0 bridgehead atoms. The van der Waals surface area contributed by atoms with Crippen molar-refractivity contribution in [2.45, 2.75) is 64.5 Å². The first-order valence-corrected chi connectivity index (χ1v) is 8.17. The SMILES string of the molecule is CC(N)=NCCCCC1C=NC(CCCCN=C(C)N)C=N1.Cl.Cl.Cl.Cl. The van der Waals surface area contributed by atoms with E-state index in [0.717, 1.165) is 51.6 Å². The van der Waals surface area contributed by atoms with Gasteiger partial charge >= 0.3 is 0 Å². The lowest BCUT2D eigenvalue weighted by Crippen LogP contribution is -2.19. The third-order valence-electron chi connectivity index (χ3n) is 3.44. The molecule has 0 amide bonds. The van der Waals surface area contributed by atoms with E-state index >= 15 is 0 Å². The third kappa shape index (κ3) is 18.2. The Morgan fingerprint density at radius 3 is 1.35 bits per heavy atom. The average molecular weight is 452 g/mol. The molecule has 1 aliphatic rings. The molecular formula is C16H34Cl4N6. The fourth-order valence-electron chi connectivity index (χ4n) is 2.24. The molecule has 156 valence electrons. The molecule has 26 heavy (non-hydrogen) atoms. The monoisotopic (exact) mass is 450 g/mol. The number of amidine groups is 2. The van der Waals surface area contributed by atoms with Crippen molar-refractivity contribution in [3.63, 3.8) is 0 Å². The van der Waals surface area contributed by atoms with Crippen LogP contribution in [0, 0.1) is 0 Å². The van der Waals surface area contributed by atoms with Gasteiger partial charge in [0.25, 0.3) is 0 Å². The van der Waals surface area contributed by atoms with Crippen LogP contribution in [0.2, 0.25) is 0 Å². The van der Waals surface area contributed by atoms with Gasteiger partial charge in [-0.25, -0.2) is 0 Å². The minimum absolute atomic E-state index is 0. The number of unbranched alkanes of at least 4 members (excludes halogenated alkanes) is 2. The third-order valence-corrected chi connectivity index (χ3v) is 3.44. The minimum atomic E-state index is 0. The number of hydrogen-bond acceptors (Lipinski definition) is 4. The second kappa shape index (κ2) is 20.7. The molecule has 0 radical (unpaired) electrons. The summed E-state index contributed by atoms with van der Waals surface area (Å²) in [4.78, 5) is 17.5. The molecule has 1 aliphatic heterocycles. The van der Waals surface area contributed by atoms with E-state index in [2.05, 4.69) is 20.0 Å². The van der Waals surface area contributed by atoms with Crippen LogP contribution >= 0.6 is 49.6 Å². The Morgan fingerprint density at radius 1 is 0.731 bits per heavy atom. The Kier molecular flexibility index (Phi) is 26.4. The molecule has 0 spiro atoms. The summed E-state index contributed by atoms with van der Waals surface area (Å²) in [7, 11) is 0. The van der Waals surface area contributed by atoms with Gasteiger partial charge < -0.3 is 11.5 Å². The highest BCUT2D eigenvalue weighted by Gasteiger charge is 2.11. The summed E-state index contributed by atoms with van der Waals surface area (Å²) in [6, 6.07) is 0.479. The van der Waals surface area contributed by atoms with E-state index in [1.807, 2.05) is 26.3 Å². The number of halogens is 4. The normalized spacial score (nSPS) is 18.8. The number of nitrogens with zero attached hydrogens (tertiary/aromatic N) is 4. The van der Waals surface area contributed by atoms with Crippen LogP contribution in [0.1, 0.15) is 52.4 Å². The van der Waals surface area contributed by atoms with Crippen molar-refractivity contribution in [1.82, 2.24) is 0 Å². The lowest BCUT2D eigenvalue weighted by atomic mass is 10.1. The van der Waals surface area contributed by atoms with Crippen molar-refractivity contribution in [1.29, 1.82) is 0 Å². The average Bonchev–Trinajstić information content (AvgIpc) is 2.47. The van der Waals surface area contributed by atoms with Gasteiger partial charge in [-0.15, -0.1) is 49.6 Å². The van der Waals surface area contributed by atoms with Crippen molar-refractivity contribution in [2.24, 2.45) is 31.4 Å². The maximum absolute atomic E-state index is 5.50. The smallest absolute Gasteiger partial charge is 0.0905 e. The Labute approximate surface area is 182 Å². The second-order valence-corrected chi connectivity index (χ2v) is 5.77. The lowest BCUT2D eigenvalue weighted by Gasteiger charge is -2.15. The number of aliphatic imine (C=N–C) groups is 4. The lowest BCUT2D eigenvalue weighted by molar-refractivity contribution is 0.628. The first kappa shape index (κ1) is 33.1. The largest absolute Gasteiger partial charge is 0.388 e. The van der Waals surface area contributed by atoms with Gasteiger partial charge in [-0.2, -0.15) is 0 Å². The van der Waals surface area contributed by atoms with Crippen LogP contribution in [0.5, 0.6) is 0 Å². The van der Waals surface area contributed by atoms with Crippen molar-refractivity contribution >= 4 is 73.7 Å². The molecule has 10 heteroatoms. The topological polar surface area (TPSA) is 101 Å². The summed E-state index contributed by atoms with van der Waals surface area (Å²) in [5.74, 6) is 1.32. The highest BCUT2D eigenvalue weighted by Crippen LogP contribution is 2.11. The van der Waals surface area contributed by atoms with Gasteiger partial charge in [0.15, 0.2) is 0 Å². The molecule has 1 rings (SSSR count). The zero-order chi connectivity index (χ0) is 16.2. The molecule has 2 unspecified atom stereocenters. The summed E-state index contributed by atoms with van der Waals surface area (Å²) >= 11 is 0. The van der Waals surface area contributed by atoms with Gasteiger partial charge in [0.05, 0.1) is 23.8 Å². The van der Waals surface area contributed by atoms with E-state index in [-0.39, 0.29) is 61.7 Å². The van der Waals surface area contributed by atoms with E-state index in [0.29, 0.717) is 11.7 Å². The Bertz CT molecular complexity index is 380. The van der Waals surface area contributed by atoms with Crippen LogP contribution in [0.3, 0.4) is 0 Å². The Morgan fingerprint density at radius 2 is 1.08 bits per heavy atom. The van der Waals surface area contributed by atoms with Gasteiger partial charge in [0, 0.05) is 25.5 Å². The molecule has 1 heterocycles. The predicted molar refractivity (Wildman–Crippen MR) is 126 cm³/mol. The zero-order valence-electron chi connectivity index (χ0n) is 15.5. The summed E-state index contributed by atoms with van der Waals surface area (Å²) in [5.41, 5.74) is 11.0. The molecule has 0 aromatic heterocycles. The standard InChI is InChI=1S/C16H30N6.4ClH/c1-13(17)19-9-5-3-7-15-11-22-16(12-21-15)8-4-6-10-20-14(2)18;;;;/h11-12,15-16H,3-10H2,1-2H3,(H2,17,19)(H2,18,20);4*1H. The number of hydrogen-bond donors (Lipinski definition) is 2. The van der Waals surface area contributed by atoms with Gasteiger partial charge in [0.2, 0.25) is 0 Å². The molecule has 0 saturated heterocycles. The van der Waals surface area contributed by atoms with E-state index < -0.39 is 0 Å². The minimum Gasteiger partial charge on any atom is -0.388 e. The maximum Gasteiger partial charge on any atom is 0.0905 e. The maximum atomic E-state index is 5.50. The van der Waals surface area contributed by atoms with Crippen LogP contribution < -0.4 is 11.5 Å². The molecule has 2 atom stereocenters. The number of nitrogens with two attached hydrogens (primary N) is 2. The molecule has 6 nitrogen and oxygen atoms in total. The molecule has 0 aromatic rings. The van der Waals surface area contributed by atoms with Crippen LogP contribution in [0.25, 0.3) is 0 Å². The van der Waals surface area contributed by atoms with Crippen molar-refractivity contribution in [3.8, 4) is 0 Å². The van der Waals surface area contributed by atoms with Crippen LogP contribution in [0.15, 0.2) is 20.0 Å². The molecule has 0 fully saturated rings. The Balaban J connectivity index is -0.000000605. The summed E-state index contributed by atoms with van der Waals surface area (Å²) in [6.45, 7) is 5.26.